The standard InChI is InChI=1S/C9H6BrNO3/c1-13-9(12)6(5-11)4-8-7(10)2-3-14-8/h2-4H,1H3/b6-4+. The average Bonchev–Trinajstić information content (AvgIpc) is 2.59. The van der Waals surface area contributed by atoms with Gasteiger partial charge in [0.25, 0.3) is 0 Å². The van der Waals surface area contributed by atoms with Crippen molar-refractivity contribution in [3.05, 3.63) is 28.1 Å². The predicted molar refractivity (Wildman–Crippen MR) is 52.0 cm³/mol. The number of nitriles is 1. The molecule has 1 aromatic rings. The highest BCUT2D eigenvalue weighted by molar-refractivity contribution is 9.10. The van der Waals surface area contributed by atoms with Gasteiger partial charge in [0.1, 0.15) is 17.4 Å². The van der Waals surface area contributed by atoms with E-state index in [4.69, 9.17) is 9.68 Å². The summed E-state index contributed by atoms with van der Waals surface area (Å²) >= 11 is 3.20. The zero-order valence-corrected chi connectivity index (χ0v) is 8.87. The summed E-state index contributed by atoms with van der Waals surface area (Å²) in [4.78, 5) is 11.0. The molecule has 0 aliphatic carbocycles. The molecule has 0 fully saturated rings. The molecule has 0 aliphatic rings. The van der Waals surface area contributed by atoms with Crippen molar-refractivity contribution >= 4 is 28.0 Å². The van der Waals surface area contributed by atoms with Crippen LogP contribution in [0.4, 0.5) is 0 Å². The molecule has 0 N–H and O–H groups in total. The number of carbonyl (C=O) groups is 1. The van der Waals surface area contributed by atoms with E-state index in [1.807, 2.05) is 0 Å². The Bertz CT molecular complexity index is 414. The van der Waals surface area contributed by atoms with Crippen molar-refractivity contribution in [2.75, 3.05) is 7.11 Å². The zero-order valence-electron chi connectivity index (χ0n) is 7.28. The Hall–Kier alpha value is -1.54. The van der Waals surface area contributed by atoms with Crippen LogP contribution in [0.25, 0.3) is 6.08 Å². The molecular formula is C9H6BrNO3. The minimum absolute atomic E-state index is 0.108. The van der Waals surface area contributed by atoms with Crippen LogP contribution < -0.4 is 0 Å². The lowest BCUT2D eigenvalue weighted by Crippen LogP contribution is -2.02. The van der Waals surface area contributed by atoms with Gasteiger partial charge in [0, 0.05) is 6.08 Å². The average molecular weight is 256 g/mol. The molecule has 0 bridgehead atoms. The number of ether oxygens (including phenoxy) is 1. The van der Waals surface area contributed by atoms with Gasteiger partial charge in [0.05, 0.1) is 17.8 Å². The van der Waals surface area contributed by atoms with E-state index in [9.17, 15) is 4.79 Å². The fourth-order valence-corrected chi connectivity index (χ4v) is 1.10. The molecule has 4 nitrogen and oxygen atoms in total. The number of carbonyl (C=O) groups excluding carboxylic acids is 1. The Morgan fingerprint density at radius 1 is 1.79 bits per heavy atom. The van der Waals surface area contributed by atoms with E-state index in [2.05, 4.69) is 20.7 Å². The Kier molecular flexibility index (Phi) is 3.48. The normalized spacial score (nSPS) is 10.8. The number of esters is 1. The fraction of sp³-hybridized carbons (Fsp3) is 0.111. The summed E-state index contributed by atoms with van der Waals surface area (Å²) in [7, 11) is 1.21. The molecule has 0 aliphatic heterocycles. The third-order valence-corrected chi connectivity index (χ3v) is 2.10. The predicted octanol–water partition coefficient (Wildman–Crippen LogP) is 2.12. The molecule has 0 saturated heterocycles. The quantitative estimate of drug-likeness (QED) is 0.462. The molecule has 1 rings (SSSR count). The van der Waals surface area contributed by atoms with Crippen LogP contribution in [0.2, 0.25) is 0 Å². The van der Waals surface area contributed by atoms with Gasteiger partial charge >= 0.3 is 5.97 Å². The van der Waals surface area contributed by atoms with Crippen molar-refractivity contribution in [1.82, 2.24) is 0 Å². The number of methoxy groups -OCH3 is 1. The van der Waals surface area contributed by atoms with Crippen molar-refractivity contribution < 1.29 is 13.9 Å². The molecular weight excluding hydrogens is 250 g/mol. The first-order chi connectivity index (χ1) is 6.69. The lowest BCUT2D eigenvalue weighted by molar-refractivity contribution is -0.135. The van der Waals surface area contributed by atoms with Gasteiger partial charge in [0.2, 0.25) is 0 Å². The summed E-state index contributed by atoms with van der Waals surface area (Å²) < 4.78 is 10.1. The van der Waals surface area contributed by atoms with Crippen molar-refractivity contribution in [3.8, 4) is 6.07 Å². The number of nitrogens with zero attached hydrogens (tertiary/aromatic N) is 1. The van der Waals surface area contributed by atoms with Gasteiger partial charge in [-0.3, -0.25) is 0 Å². The highest BCUT2D eigenvalue weighted by Crippen LogP contribution is 2.20. The summed E-state index contributed by atoms with van der Waals surface area (Å²) in [5.41, 5.74) is -0.108. The highest BCUT2D eigenvalue weighted by atomic mass is 79.9. The number of rotatable bonds is 2. The molecule has 0 unspecified atom stereocenters. The van der Waals surface area contributed by atoms with E-state index in [0.29, 0.717) is 10.2 Å². The van der Waals surface area contributed by atoms with Crippen LogP contribution >= 0.6 is 15.9 Å². The molecule has 5 heteroatoms. The van der Waals surface area contributed by atoms with Gasteiger partial charge in [0.15, 0.2) is 0 Å². The minimum Gasteiger partial charge on any atom is -0.465 e. The molecule has 72 valence electrons. The van der Waals surface area contributed by atoms with Crippen LogP contribution in [0.5, 0.6) is 0 Å². The molecule has 0 atom stereocenters. The van der Waals surface area contributed by atoms with E-state index in [-0.39, 0.29) is 5.57 Å². The maximum absolute atomic E-state index is 11.0. The fourth-order valence-electron chi connectivity index (χ4n) is 0.786. The molecule has 0 saturated carbocycles. The van der Waals surface area contributed by atoms with Crippen LogP contribution in [-0.2, 0) is 9.53 Å². The summed E-state index contributed by atoms with van der Waals surface area (Å²) in [6, 6.07) is 3.39. The molecule has 0 radical (unpaired) electrons. The number of hydrogen-bond donors (Lipinski definition) is 0. The van der Waals surface area contributed by atoms with Crippen molar-refractivity contribution in [2.24, 2.45) is 0 Å². The first-order valence-electron chi connectivity index (χ1n) is 3.62. The summed E-state index contributed by atoms with van der Waals surface area (Å²) in [5, 5.41) is 8.64. The highest BCUT2D eigenvalue weighted by Gasteiger charge is 2.10. The van der Waals surface area contributed by atoms with Crippen LogP contribution in [0.15, 0.2) is 26.8 Å². The SMILES string of the molecule is COC(=O)/C(C#N)=C/c1occc1Br. The lowest BCUT2D eigenvalue weighted by atomic mass is 10.2. The Labute approximate surface area is 88.9 Å². The second-order valence-corrected chi connectivity index (χ2v) is 3.15. The van der Waals surface area contributed by atoms with Gasteiger partial charge < -0.3 is 9.15 Å². The van der Waals surface area contributed by atoms with Crippen LogP contribution in [-0.4, -0.2) is 13.1 Å². The Morgan fingerprint density at radius 2 is 2.50 bits per heavy atom. The van der Waals surface area contributed by atoms with Crippen molar-refractivity contribution in [2.45, 2.75) is 0 Å². The van der Waals surface area contributed by atoms with Gasteiger partial charge in [-0.15, -0.1) is 0 Å². The van der Waals surface area contributed by atoms with E-state index in [1.54, 1.807) is 12.1 Å². The number of furan rings is 1. The number of halogens is 1. The summed E-state index contributed by atoms with van der Waals surface area (Å²) in [6.45, 7) is 0. The number of hydrogen-bond acceptors (Lipinski definition) is 4. The van der Waals surface area contributed by atoms with Crippen LogP contribution in [0.3, 0.4) is 0 Å². The van der Waals surface area contributed by atoms with Crippen molar-refractivity contribution in [3.63, 3.8) is 0 Å². The molecule has 1 aromatic heterocycles. The van der Waals surface area contributed by atoms with Gasteiger partial charge in [-0.1, -0.05) is 0 Å². The largest absolute Gasteiger partial charge is 0.465 e. The Morgan fingerprint density at radius 3 is 2.93 bits per heavy atom. The molecule has 14 heavy (non-hydrogen) atoms. The maximum atomic E-state index is 11.0. The third kappa shape index (κ3) is 2.24. The summed E-state index contributed by atoms with van der Waals surface area (Å²) in [6.07, 6.45) is 2.76. The Balaban J connectivity index is 3.03. The smallest absolute Gasteiger partial charge is 0.348 e. The monoisotopic (exact) mass is 255 g/mol. The first-order valence-corrected chi connectivity index (χ1v) is 4.41. The molecule has 0 spiro atoms. The molecule has 0 aromatic carbocycles. The van der Waals surface area contributed by atoms with E-state index in [0.717, 1.165) is 0 Å². The van der Waals surface area contributed by atoms with E-state index >= 15 is 0 Å². The van der Waals surface area contributed by atoms with E-state index in [1.165, 1.54) is 19.4 Å². The van der Waals surface area contributed by atoms with Gasteiger partial charge in [-0.25, -0.2) is 4.79 Å². The zero-order chi connectivity index (χ0) is 10.6. The lowest BCUT2D eigenvalue weighted by Gasteiger charge is -1.94. The third-order valence-electron chi connectivity index (χ3n) is 1.45. The second kappa shape index (κ2) is 4.63. The molecule has 1 heterocycles. The van der Waals surface area contributed by atoms with Crippen LogP contribution in [0.1, 0.15) is 5.76 Å². The van der Waals surface area contributed by atoms with Crippen LogP contribution in [0, 0.1) is 11.3 Å². The van der Waals surface area contributed by atoms with Gasteiger partial charge in [-0.05, 0) is 22.0 Å². The summed E-state index contributed by atoms with van der Waals surface area (Å²) in [5.74, 6) is -0.275. The van der Waals surface area contributed by atoms with E-state index < -0.39 is 5.97 Å². The van der Waals surface area contributed by atoms with Crippen molar-refractivity contribution in [1.29, 1.82) is 5.26 Å². The minimum atomic E-state index is -0.684. The topological polar surface area (TPSA) is 63.2 Å². The maximum Gasteiger partial charge on any atom is 0.348 e. The second-order valence-electron chi connectivity index (χ2n) is 2.29. The molecule has 0 amide bonds. The van der Waals surface area contributed by atoms with Gasteiger partial charge in [-0.2, -0.15) is 5.26 Å². The first kappa shape index (κ1) is 10.5.